The lowest BCUT2D eigenvalue weighted by atomic mass is 9.95. The number of nitrogens with one attached hydrogen (secondary N) is 1. The van der Waals surface area contributed by atoms with Gasteiger partial charge in [0.25, 0.3) is 0 Å². The average molecular weight is 217 g/mol. The largest absolute Gasteiger partial charge is 0.335 e. The van der Waals surface area contributed by atoms with E-state index in [2.05, 4.69) is 10.3 Å². The predicted octanol–water partition coefficient (Wildman–Crippen LogP) is 1.81. The predicted molar refractivity (Wildman–Crippen MR) is 60.2 cm³/mol. The van der Waals surface area contributed by atoms with Crippen molar-refractivity contribution in [1.29, 1.82) is 5.26 Å². The van der Waals surface area contributed by atoms with E-state index in [0.717, 1.165) is 0 Å². The second-order valence-electron chi connectivity index (χ2n) is 4.54. The van der Waals surface area contributed by atoms with E-state index in [-0.39, 0.29) is 5.91 Å². The van der Waals surface area contributed by atoms with E-state index < -0.39 is 11.5 Å². The highest BCUT2D eigenvalue weighted by Crippen LogP contribution is 2.16. The minimum Gasteiger partial charge on any atom is -0.335 e. The number of nitrogens with zero attached hydrogens (tertiary/aromatic N) is 2. The molecule has 1 unspecified atom stereocenters. The Balaban J connectivity index is 2.80. The van der Waals surface area contributed by atoms with E-state index in [9.17, 15) is 4.79 Å². The summed E-state index contributed by atoms with van der Waals surface area (Å²) in [7, 11) is 0. The molecular formula is C12H15N3O. The monoisotopic (exact) mass is 217 g/mol. The Morgan fingerprint density at radius 1 is 1.50 bits per heavy atom. The standard InChI is InChI=1S/C12H15N3O/c1-12(2,3)11(16)15-10(8-13)9-6-4-5-7-14-9/h4-7,10H,1-3H3,(H,15,16). The Labute approximate surface area is 95.3 Å². The number of aromatic nitrogens is 1. The van der Waals surface area contributed by atoms with E-state index in [1.54, 1.807) is 45.2 Å². The van der Waals surface area contributed by atoms with Gasteiger partial charge in [0.1, 0.15) is 0 Å². The van der Waals surface area contributed by atoms with Crippen LogP contribution >= 0.6 is 0 Å². The molecule has 1 aromatic rings. The van der Waals surface area contributed by atoms with Crippen LogP contribution in [0.4, 0.5) is 0 Å². The zero-order chi connectivity index (χ0) is 12.2. The number of carbonyl (C=O) groups excluding carboxylic acids is 1. The van der Waals surface area contributed by atoms with Gasteiger partial charge in [0, 0.05) is 11.6 Å². The van der Waals surface area contributed by atoms with E-state index >= 15 is 0 Å². The molecule has 0 saturated heterocycles. The summed E-state index contributed by atoms with van der Waals surface area (Å²) in [6.45, 7) is 5.40. The molecule has 0 radical (unpaired) electrons. The smallest absolute Gasteiger partial charge is 0.226 e. The number of hydrogen-bond acceptors (Lipinski definition) is 3. The van der Waals surface area contributed by atoms with E-state index in [0.29, 0.717) is 5.69 Å². The van der Waals surface area contributed by atoms with E-state index in [4.69, 9.17) is 5.26 Å². The SMILES string of the molecule is CC(C)(C)C(=O)NC(C#N)c1ccccn1. The maximum absolute atomic E-state index is 11.7. The molecular weight excluding hydrogens is 202 g/mol. The lowest BCUT2D eigenvalue weighted by molar-refractivity contribution is -0.128. The summed E-state index contributed by atoms with van der Waals surface area (Å²) in [6, 6.07) is 6.61. The molecule has 1 amide bonds. The van der Waals surface area contributed by atoms with Crippen LogP contribution in [0.2, 0.25) is 0 Å². The Hall–Kier alpha value is -1.89. The number of hydrogen-bond donors (Lipinski definition) is 1. The van der Waals surface area contributed by atoms with Crippen molar-refractivity contribution in [2.24, 2.45) is 5.41 Å². The lowest BCUT2D eigenvalue weighted by Gasteiger charge is -2.20. The first kappa shape index (κ1) is 12.2. The number of amides is 1. The molecule has 0 aliphatic carbocycles. The van der Waals surface area contributed by atoms with Crippen LogP contribution in [0.25, 0.3) is 0 Å². The third-order valence-electron chi connectivity index (χ3n) is 2.07. The minimum atomic E-state index is -0.687. The Kier molecular flexibility index (Phi) is 3.62. The Morgan fingerprint density at radius 3 is 2.62 bits per heavy atom. The first-order chi connectivity index (χ1) is 7.45. The Bertz CT molecular complexity index is 401. The highest BCUT2D eigenvalue weighted by Gasteiger charge is 2.24. The molecule has 4 heteroatoms. The lowest BCUT2D eigenvalue weighted by Crippen LogP contribution is -2.37. The molecule has 4 nitrogen and oxygen atoms in total. The van der Waals surface area contributed by atoms with Crippen LogP contribution in [-0.2, 0) is 4.79 Å². The number of rotatable bonds is 2. The van der Waals surface area contributed by atoms with Crippen molar-refractivity contribution >= 4 is 5.91 Å². The second kappa shape index (κ2) is 4.75. The van der Waals surface area contributed by atoms with Gasteiger partial charge in [-0.1, -0.05) is 26.8 Å². The first-order valence-electron chi connectivity index (χ1n) is 5.06. The van der Waals surface area contributed by atoms with Gasteiger partial charge in [-0.15, -0.1) is 0 Å². The molecule has 84 valence electrons. The molecule has 0 aromatic carbocycles. The fourth-order valence-electron chi connectivity index (χ4n) is 1.07. The van der Waals surface area contributed by atoms with E-state index in [1.165, 1.54) is 0 Å². The maximum Gasteiger partial charge on any atom is 0.226 e. The van der Waals surface area contributed by atoms with Gasteiger partial charge in [0.05, 0.1) is 11.8 Å². The molecule has 0 aliphatic heterocycles. The number of nitriles is 1. The molecule has 1 atom stereocenters. The van der Waals surface area contributed by atoms with Crippen molar-refractivity contribution in [2.45, 2.75) is 26.8 Å². The summed E-state index contributed by atoms with van der Waals surface area (Å²) in [6.07, 6.45) is 1.60. The zero-order valence-corrected chi connectivity index (χ0v) is 9.69. The van der Waals surface area contributed by atoms with Crippen LogP contribution in [0.1, 0.15) is 32.5 Å². The average Bonchev–Trinajstić information content (AvgIpc) is 2.25. The number of carbonyl (C=O) groups is 1. The molecule has 1 N–H and O–H groups in total. The molecule has 1 rings (SSSR count). The molecule has 1 heterocycles. The second-order valence-corrected chi connectivity index (χ2v) is 4.54. The van der Waals surface area contributed by atoms with Gasteiger partial charge in [-0.25, -0.2) is 0 Å². The van der Waals surface area contributed by atoms with Gasteiger partial charge < -0.3 is 5.32 Å². The summed E-state index contributed by atoms with van der Waals surface area (Å²) in [5.74, 6) is -0.162. The van der Waals surface area contributed by atoms with Crippen molar-refractivity contribution in [2.75, 3.05) is 0 Å². The third kappa shape index (κ3) is 3.06. The zero-order valence-electron chi connectivity index (χ0n) is 9.69. The quantitative estimate of drug-likeness (QED) is 0.821. The molecule has 0 saturated carbocycles. The van der Waals surface area contributed by atoms with Crippen LogP contribution in [0, 0.1) is 16.7 Å². The van der Waals surface area contributed by atoms with Gasteiger partial charge in [-0.3, -0.25) is 9.78 Å². The molecule has 0 fully saturated rings. The molecule has 0 bridgehead atoms. The van der Waals surface area contributed by atoms with Crippen LogP contribution in [0.5, 0.6) is 0 Å². The molecule has 0 aliphatic rings. The fraction of sp³-hybridized carbons (Fsp3) is 0.417. The van der Waals surface area contributed by atoms with Crippen molar-refractivity contribution in [3.05, 3.63) is 30.1 Å². The van der Waals surface area contributed by atoms with Gasteiger partial charge in [0.2, 0.25) is 5.91 Å². The summed E-state index contributed by atoms with van der Waals surface area (Å²) >= 11 is 0. The van der Waals surface area contributed by atoms with Gasteiger partial charge in [0.15, 0.2) is 6.04 Å². The normalized spacial score (nSPS) is 12.6. The highest BCUT2D eigenvalue weighted by molar-refractivity contribution is 5.82. The molecule has 16 heavy (non-hydrogen) atoms. The van der Waals surface area contributed by atoms with Gasteiger partial charge in [-0.05, 0) is 12.1 Å². The Morgan fingerprint density at radius 2 is 2.19 bits per heavy atom. The number of pyridine rings is 1. The van der Waals surface area contributed by atoms with Gasteiger partial charge in [-0.2, -0.15) is 5.26 Å². The molecule has 1 aromatic heterocycles. The van der Waals surface area contributed by atoms with Crippen LogP contribution in [0.3, 0.4) is 0 Å². The summed E-state index contributed by atoms with van der Waals surface area (Å²) in [5, 5.41) is 11.6. The summed E-state index contributed by atoms with van der Waals surface area (Å²) in [5.41, 5.74) is 0.0479. The van der Waals surface area contributed by atoms with Crippen molar-refractivity contribution < 1.29 is 4.79 Å². The van der Waals surface area contributed by atoms with Crippen molar-refractivity contribution in [3.63, 3.8) is 0 Å². The highest BCUT2D eigenvalue weighted by atomic mass is 16.2. The summed E-state index contributed by atoms with van der Waals surface area (Å²) in [4.78, 5) is 15.8. The van der Waals surface area contributed by atoms with Gasteiger partial charge >= 0.3 is 0 Å². The molecule has 0 spiro atoms. The van der Waals surface area contributed by atoms with Crippen molar-refractivity contribution in [1.82, 2.24) is 10.3 Å². The third-order valence-corrected chi connectivity index (χ3v) is 2.07. The topological polar surface area (TPSA) is 65.8 Å². The minimum absolute atomic E-state index is 0.162. The maximum atomic E-state index is 11.7. The van der Waals surface area contributed by atoms with Crippen LogP contribution in [-0.4, -0.2) is 10.9 Å². The van der Waals surface area contributed by atoms with E-state index in [1.807, 2.05) is 6.07 Å². The summed E-state index contributed by atoms with van der Waals surface area (Å²) < 4.78 is 0. The fourth-order valence-corrected chi connectivity index (χ4v) is 1.07. The van der Waals surface area contributed by atoms with Crippen LogP contribution < -0.4 is 5.32 Å². The van der Waals surface area contributed by atoms with Crippen molar-refractivity contribution in [3.8, 4) is 6.07 Å². The first-order valence-corrected chi connectivity index (χ1v) is 5.06. The van der Waals surface area contributed by atoms with Crippen LogP contribution in [0.15, 0.2) is 24.4 Å².